The van der Waals surface area contributed by atoms with Gasteiger partial charge >= 0.3 is 0 Å². The molecular weight excluding hydrogens is 414 g/mol. The SMILES string of the molecule is COc1ccc(OC)c(-c2cc(C(=O)N3CCCC[C@H]3C(=O)NC[C@H]3CCCO3)no2)c1. The number of methoxy groups -OCH3 is 2. The van der Waals surface area contributed by atoms with Crippen LogP contribution >= 0.6 is 0 Å². The van der Waals surface area contributed by atoms with E-state index in [1.54, 1.807) is 43.4 Å². The number of nitrogens with one attached hydrogen (secondary N) is 1. The van der Waals surface area contributed by atoms with Crippen molar-refractivity contribution in [2.45, 2.75) is 44.2 Å². The summed E-state index contributed by atoms with van der Waals surface area (Å²) in [6.07, 6.45) is 4.38. The third-order valence-electron chi connectivity index (χ3n) is 6.00. The molecule has 2 aliphatic heterocycles. The van der Waals surface area contributed by atoms with Crippen molar-refractivity contribution in [3.63, 3.8) is 0 Å². The minimum absolute atomic E-state index is 0.0580. The predicted molar refractivity (Wildman–Crippen MR) is 116 cm³/mol. The molecule has 172 valence electrons. The maximum Gasteiger partial charge on any atom is 0.276 e. The lowest BCUT2D eigenvalue weighted by molar-refractivity contribution is -0.127. The molecule has 0 saturated carbocycles. The van der Waals surface area contributed by atoms with Gasteiger partial charge in [-0.25, -0.2) is 0 Å². The smallest absolute Gasteiger partial charge is 0.276 e. The van der Waals surface area contributed by atoms with Gasteiger partial charge in [0.05, 0.1) is 25.9 Å². The van der Waals surface area contributed by atoms with Crippen LogP contribution in [0.25, 0.3) is 11.3 Å². The number of carbonyl (C=O) groups is 2. The summed E-state index contributed by atoms with van der Waals surface area (Å²) in [7, 11) is 3.13. The molecule has 1 aromatic carbocycles. The van der Waals surface area contributed by atoms with Gasteiger partial charge in [-0.15, -0.1) is 0 Å². The monoisotopic (exact) mass is 443 g/mol. The summed E-state index contributed by atoms with van der Waals surface area (Å²) in [5.41, 5.74) is 0.784. The number of aromatic nitrogens is 1. The Balaban J connectivity index is 1.49. The van der Waals surface area contributed by atoms with Crippen LogP contribution in [0, 0.1) is 0 Å². The van der Waals surface area contributed by atoms with E-state index in [0.717, 1.165) is 32.3 Å². The average Bonchev–Trinajstić information content (AvgIpc) is 3.54. The maximum absolute atomic E-state index is 13.2. The molecule has 0 radical (unpaired) electrons. The minimum Gasteiger partial charge on any atom is -0.497 e. The summed E-state index contributed by atoms with van der Waals surface area (Å²) in [6.45, 7) is 1.71. The molecule has 4 rings (SSSR count). The fraction of sp³-hybridized carbons (Fsp3) is 0.522. The minimum atomic E-state index is -0.524. The van der Waals surface area contributed by atoms with Crippen molar-refractivity contribution in [3.05, 3.63) is 30.0 Å². The van der Waals surface area contributed by atoms with E-state index in [4.69, 9.17) is 18.7 Å². The Labute approximate surface area is 187 Å². The number of likely N-dealkylation sites (tertiary alicyclic amines) is 1. The van der Waals surface area contributed by atoms with Crippen molar-refractivity contribution in [2.24, 2.45) is 0 Å². The largest absolute Gasteiger partial charge is 0.497 e. The zero-order valence-electron chi connectivity index (χ0n) is 18.5. The predicted octanol–water partition coefficient (Wildman–Crippen LogP) is 2.65. The van der Waals surface area contributed by atoms with Gasteiger partial charge in [-0.2, -0.15) is 0 Å². The van der Waals surface area contributed by atoms with Crippen LogP contribution < -0.4 is 14.8 Å². The molecule has 2 aromatic rings. The molecule has 2 amide bonds. The third-order valence-corrected chi connectivity index (χ3v) is 6.00. The second-order valence-corrected chi connectivity index (χ2v) is 8.03. The molecular formula is C23H29N3O6. The van der Waals surface area contributed by atoms with E-state index in [9.17, 15) is 9.59 Å². The summed E-state index contributed by atoms with van der Waals surface area (Å²) >= 11 is 0. The number of ether oxygens (including phenoxy) is 3. The highest BCUT2D eigenvalue weighted by atomic mass is 16.5. The molecule has 3 heterocycles. The Kier molecular flexibility index (Phi) is 6.94. The number of amides is 2. The number of hydrogen-bond acceptors (Lipinski definition) is 7. The average molecular weight is 444 g/mol. The first-order valence-electron chi connectivity index (χ1n) is 11.0. The van der Waals surface area contributed by atoms with E-state index in [0.29, 0.717) is 42.3 Å². The second kappa shape index (κ2) is 10.0. The lowest BCUT2D eigenvalue weighted by Gasteiger charge is -2.34. The molecule has 2 aliphatic rings. The first-order valence-corrected chi connectivity index (χ1v) is 11.0. The number of rotatable bonds is 7. The van der Waals surface area contributed by atoms with Gasteiger partial charge in [-0.3, -0.25) is 9.59 Å². The molecule has 32 heavy (non-hydrogen) atoms. The van der Waals surface area contributed by atoms with Crippen LogP contribution in [0.2, 0.25) is 0 Å². The number of nitrogens with zero attached hydrogens (tertiary/aromatic N) is 2. The van der Waals surface area contributed by atoms with E-state index in [2.05, 4.69) is 10.5 Å². The van der Waals surface area contributed by atoms with Crippen molar-refractivity contribution >= 4 is 11.8 Å². The van der Waals surface area contributed by atoms with Crippen molar-refractivity contribution in [1.29, 1.82) is 0 Å². The summed E-state index contributed by atoms with van der Waals surface area (Å²) in [4.78, 5) is 27.7. The fourth-order valence-electron chi connectivity index (χ4n) is 4.24. The van der Waals surface area contributed by atoms with Gasteiger partial charge < -0.3 is 29.0 Å². The first kappa shape index (κ1) is 22.1. The molecule has 1 N–H and O–H groups in total. The van der Waals surface area contributed by atoms with Gasteiger partial charge in [-0.05, 0) is 50.3 Å². The Morgan fingerprint density at radius 3 is 2.78 bits per heavy atom. The van der Waals surface area contributed by atoms with Crippen LogP contribution in [0.15, 0.2) is 28.8 Å². The number of carbonyl (C=O) groups excluding carboxylic acids is 2. The van der Waals surface area contributed by atoms with Crippen molar-refractivity contribution in [2.75, 3.05) is 33.9 Å². The van der Waals surface area contributed by atoms with E-state index in [1.165, 1.54) is 0 Å². The fourth-order valence-corrected chi connectivity index (χ4v) is 4.24. The van der Waals surface area contributed by atoms with Crippen LogP contribution in [0.1, 0.15) is 42.6 Å². The van der Waals surface area contributed by atoms with Gasteiger partial charge in [0.1, 0.15) is 17.5 Å². The van der Waals surface area contributed by atoms with E-state index >= 15 is 0 Å². The van der Waals surface area contributed by atoms with Gasteiger partial charge in [0.2, 0.25) is 5.91 Å². The highest BCUT2D eigenvalue weighted by Crippen LogP contribution is 2.34. The molecule has 0 aliphatic carbocycles. The van der Waals surface area contributed by atoms with Crippen molar-refractivity contribution in [1.82, 2.24) is 15.4 Å². The second-order valence-electron chi connectivity index (χ2n) is 8.03. The van der Waals surface area contributed by atoms with Gasteiger partial charge in [-0.1, -0.05) is 5.16 Å². The Morgan fingerprint density at radius 2 is 2.03 bits per heavy atom. The number of hydrogen-bond donors (Lipinski definition) is 1. The lowest BCUT2D eigenvalue weighted by Crippen LogP contribution is -2.52. The van der Waals surface area contributed by atoms with E-state index in [-0.39, 0.29) is 23.6 Å². The quantitative estimate of drug-likeness (QED) is 0.702. The van der Waals surface area contributed by atoms with E-state index in [1.807, 2.05) is 0 Å². The standard InChI is InChI=1S/C23H29N3O6/c1-29-15-8-9-20(30-2)17(12-15)21-13-18(25-32-21)23(28)26-10-4-3-7-19(26)22(27)24-14-16-6-5-11-31-16/h8-9,12-13,16,19H,3-7,10-11,14H2,1-2H3,(H,24,27)/t16-,19+/m1/s1. The summed E-state index contributed by atoms with van der Waals surface area (Å²) in [6, 6.07) is 6.35. The highest BCUT2D eigenvalue weighted by molar-refractivity contribution is 5.97. The molecule has 9 heteroatoms. The third kappa shape index (κ3) is 4.72. The first-order chi connectivity index (χ1) is 15.6. The van der Waals surface area contributed by atoms with Crippen molar-refractivity contribution in [3.8, 4) is 22.8 Å². The van der Waals surface area contributed by atoms with Crippen LogP contribution in [-0.4, -0.2) is 67.9 Å². The van der Waals surface area contributed by atoms with Crippen LogP contribution in [-0.2, 0) is 9.53 Å². The molecule has 2 fully saturated rings. The lowest BCUT2D eigenvalue weighted by atomic mass is 10.0. The van der Waals surface area contributed by atoms with E-state index < -0.39 is 6.04 Å². The molecule has 9 nitrogen and oxygen atoms in total. The molecule has 0 unspecified atom stereocenters. The van der Waals surface area contributed by atoms with Gasteiger partial charge in [0, 0.05) is 25.8 Å². The van der Waals surface area contributed by atoms with Crippen LogP contribution in [0.5, 0.6) is 11.5 Å². The summed E-state index contributed by atoms with van der Waals surface area (Å²) < 4.78 is 21.7. The van der Waals surface area contributed by atoms with Crippen LogP contribution in [0.4, 0.5) is 0 Å². The zero-order chi connectivity index (χ0) is 22.5. The number of piperidine rings is 1. The maximum atomic E-state index is 13.2. The Hall–Kier alpha value is -3.07. The van der Waals surface area contributed by atoms with Crippen molar-refractivity contribution < 1.29 is 28.3 Å². The molecule has 2 saturated heterocycles. The summed E-state index contributed by atoms with van der Waals surface area (Å²) in [5.74, 6) is 1.13. The molecule has 2 atom stereocenters. The summed E-state index contributed by atoms with van der Waals surface area (Å²) in [5, 5.41) is 6.94. The molecule has 1 aromatic heterocycles. The van der Waals surface area contributed by atoms with Crippen LogP contribution in [0.3, 0.4) is 0 Å². The number of benzene rings is 1. The topological polar surface area (TPSA) is 103 Å². The molecule has 0 bridgehead atoms. The highest BCUT2D eigenvalue weighted by Gasteiger charge is 2.34. The zero-order valence-corrected chi connectivity index (χ0v) is 18.5. The normalized spacial score (nSPS) is 20.8. The Morgan fingerprint density at radius 1 is 1.16 bits per heavy atom. The van der Waals surface area contributed by atoms with Gasteiger partial charge in [0.25, 0.3) is 5.91 Å². The molecule has 0 spiro atoms. The van der Waals surface area contributed by atoms with Gasteiger partial charge in [0.15, 0.2) is 11.5 Å². The Bertz CT molecular complexity index is 953.